The second kappa shape index (κ2) is 10.4. The molecule has 0 aliphatic carbocycles. The van der Waals surface area contributed by atoms with Gasteiger partial charge in [0, 0.05) is 34.3 Å². The van der Waals surface area contributed by atoms with E-state index in [1.165, 1.54) is 6.07 Å². The van der Waals surface area contributed by atoms with E-state index >= 15 is 0 Å². The number of primary sulfonamides is 1. The molecular formula is C26H22BrN3O4S. The molecule has 9 heteroatoms. The van der Waals surface area contributed by atoms with Gasteiger partial charge in [0.05, 0.1) is 4.90 Å². The Hall–Kier alpha value is -3.53. The molecule has 0 aliphatic heterocycles. The van der Waals surface area contributed by atoms with E-state index in [9.17, 15) is 18.0 Å². The molecule has 4 rings (SSSR count). The average Bonchev–Trinajstić information content (AvgIpc) is 2.83. The molecule has 4 aromatic carbocycles. The highest BCUT2D eigenvalue weighted by atomic mass is 79.9. The van der Waals surface area contributed by atoms with Crippen molar-refractivity contribution >= 4 is 54.2 Å². The van der Waals surface area contributed by atoms with Crippen molar-refractivity contribution in [2.75, 3.05) is 11.9 Å². The van der Waals surface area contributed by atoms with Crippen molar-refractivity contribution in [2.45, 2.75) is 11.3 Å². The molecule has 7 nitrogen and oxygen atoms in total. The lowest BCUT2D eigenvalue weighted by Gasteiger charge is -2.10. The number of carbonyl (C=O) groups excluding carboxylic acids is 2. The predicted molar refractivity (Wildman–Crippen MR) is 140 cm³/mol. The predicted octanol–water partition coefficient (Wildman–Crippen LogP) is 4.68. The highest BCUT2D eigenvalue weighted by Gasteiger charge is 2.15. The molecule has 0 aromatic heterocycles. The standard InChI is InChI=1S/C26H22BrN3O4S/c27-21-11-9-20-16-22(12-10-19(20)15-21)30-25(31)13-14-29-26(32)18-7-5-17(6-8-18)23-3-1-2-4-24(23)35(28,33)34/h1-12,15-16H,13-14H2,(H,29,32)(H,30,31)(H2,28,33,34). The molecule has 35 heavy (non-hydrogen) atoms. The molecule has 0 aliphatic rings. The van der Waals surface area contributed by atoms with Crippen molar-refractivity contribution in [3.8, 4) is 11.1 Å². The number of hydrogen-bond donors (Lipinski definition) is 3. The summed E-state index contributed by atoms with van der Waals surface area (Å²) < 4.78 is 24.7. The molecule has 0 heterocycles. The van der Waals surface area contributed by atoms with Gasteiger partial charge in [0.1, 0.15) is 0 Å². The molecule has 0 spiro atoms. The summed E-state index contributed by atoms with van der Waals surface area (Å²) in [4.78, 5) is 24.8. The lowest BCUT2D eigenvalue weighted by molar-refractivity contribution is -0.116. The lowest BCUT2D eigenvalue weighted by atomic mass is 10.0. The Labute approximate surface area is 211 Å². The van der Waals surface area contributed by atoms with Gasteiger partial charge in [-0.2, -0.15) is 0 Å². The Morgan fingerprint density at radius 3 is 2.29 bits per heavy atom. The number of benzene rings is 4. The van der Waals surface area contributed by atoms with Gasteiger partial charge < -0.3 is 10.6 Å². The van der Waals surface area contributed by atoms with Crippen LogP contribution in [0.3, 0.4) is 0 Å². The molecule has 0 radical (unpaired) electrons. The molecule has 0 unspecified atom stereocenters. The minimum atomic E-state index is -3.88. The molecule has 4 N–H and O–H groups in total. The van der Waals surface area contributed by atoms with Crippen LogP contribution in [-0.2, 0) is 14.8 Å². The van der Waals surface area contributed by atoms with Crippen LogP contribution < -0.4 is 15.8 Å². The quantitative estimate of drug-likeness (QED) is 0.309. The first kappa shape index (κ1) is 24.6. The van der Waals surface area contributed by atoms with Gasteiger partial charge in [-0.15, -0.1) is 0 Å². The highest BCUT2D eigenvalue weighted by molar-refractivity contribution is 9.10. The van der Waals surface area contributed by atoms with Crippen molar-refractivity contribution in [2.24, 2.45) is 5.14 Å². The van der Waals surface area contributed by atoms with Crippen LogP contribution in [0.1, 0.15) is 16.8 Å². The fourth-order valence-corrected chi connectivity index (χ4v) is 4.80. The van der Waals surface area contributed by atoms with Crippen molar-refractivity contribution in [3.05, 3.63) is 95.0 Å². The van der Waals surface area contributed by atoms with Crippen LogP contribution >= 0.6 is 15.9 Å². The zero-order valence-electron chi connectivity index (χ0n) is 18.5. The Balaban J connectivity index is 1.33. The number of nitrogens with two attached hydrogens (primary N) is 1. The zero-order valence-corrected chi connectivity index (χ0v) is 20.9. The summed E-state index contributed by atoms with van der Waals surface area (Å²) >= 11 is 3.44. The minimum absolute atomic E-state index is 0.0162. The van der Waals surface area contributed by atoms with E-state index in [4.69, 9.17) is 5.14 Å². The number of fused-ring (bicyclic) bond motifs is 1. The van der Waals surface area contributed by atoms with E-state index in [0.717, 1.165) is 15.2 Å². The Morgan fingerprint density at radius 2 is 1.54 bits per heavy atom. The van der Waals surface area contributed by atoms with Crippen LogP contribution in [0.15, 0.2) is 94.3 Å². The smallest absolute Gasteiger partial charge is 0.251 e. The number of nitrogens with one attached hydrogen (secondary N) is 2. The van der Waals surface area contributed by atoms with E-state index in [1.807, 2.05) is 36.4 Å². The van der Waals surface area contributed by atoms with Gasteiger partial charge in [0.15, 0.2) is 0 Å². The number of carbonyl (C=O) groups is 2. The van der Waals surface area contributed by atoms with Crippen LogP contribution in [0.25, 0.3) is 21.9 Å². The van der Waals surface area contributed by atoms with Gasteiger partial charge in [-0.1, -0.05) is 58.4 Å². The van der Waals surface area contributed by atoms with E-state index < -0.39 is 10.0 Å². The van der Waals surface area contributed by atoms with Gasteiger partial charge in [0.25, 0.3) is 5.91 Å². The molecular weight excluding hydrogens is 530 g/mol. The normalized spacial score (nSPS) is 11.3. The molecule has 2 amide bonds. The summed E-state index contributed by atoms with van der Waals surface area (Å²) in [5.41, 5.74) is 2.16. The first-order valence-corrected chi connectivity index (χ1v) is 13.0. The fraction of sp³-hybridized carbons (Fsp3) is 0.0769. The maximum Gasteiger partial charge on any atom is 0.251 e. The van der Waals surface area contributed by atoms with Crippen molar-refractivity contribution in [1.82, 2.24) is 5.32 Å². The second-order valence-corrected chi connectivity index (χ2v) is 10.3. The Kier molecular flexibility index (Phi) is 7.30. The van der Waals surface area contributed by atoms with E-state index in [-0.39, 0.29) is 29.7 Å². The summed E-state index contributed by atoms with van der Waals surface area (Å²) in [6.07, 6.45) is 0.115. The largest absolute Gasteiger partial charge is 0.352 e. The third-order valence-electron chi connectivity index (χ3n) is 5.38. The van der Waals surface area contributed by atoms with Gasteiger partial charge >= 0.3 is 0 Å². The number of halogens is 1. The van der Waals surface area contributed by atoms with E-state index in [2.05, 4.69) is 26.6 Å². The van der Waals surface area contributed by atoms with Crippen LogP contribution in [0, 0.1) is 0 Å². The number of sulfonamides is 1. The van der Waals surface area contributed by atoms with Crippen LogP contribution in [-0.4, -0.2) is 26.8 Å². The second-order valence-electron chi connectivity index (χ2n) is 7.88. The molecule has 0 bridgehead atoms. The molecule has 4 aromatic rings. The van der Waals surface area contributed by atoms with Crippen LogP contribution in [0.5, 0.6) is 0 Å². The van der Waals surface area contributed by atoms with Gasteiger partial charge in [-0.3, -0.25) is 9.59 Å². The fourth-order valence-electron chi connectivity index (χ4n) is 3.66. The van der Waals surface area contributed by atoms with E-state index in [1.54, 1.807) is 42.5 Å². The number of hydrogen-bond acceptors (Lipinski definition) is 4. The van der Waals surface area contributed by atoms with Gasteiger partial charge in [0.2, 0.25) is 15.9 Å². The van der Waals surface area contributed by atoms with Crippen molar-refractivity contribution in [1.29, 1.82) is 0 Å². The highest BCUT2D eigenvalue weighted by Crippen LogP contribution is 2.27. The zero-order chi connectivity index (χ0) is 25.0. The molecule has 178 valence electrons. The third kappa shape index (κ3) is 6.13. The molecule has 0 saturated carbocycles. The maximum absolute atomic E-state index is 12.5. The summed E-state index contributed by atoms with van der Waals surface area (Å²) in [5, 5.41) is 12.9. The molecule has 0 atom stereocenters. The maximum atomic E-state index is 12.5. The summed E-state index contributed by atoms with van der Waals surface area (Å²) in [5.74, 6) is -0.544. The SMILES string of the molecule is NS(=O)(=O)c1ccccc1-c1ccc(C(=O)NCCC(=O)Nc2ccc3cc(Br)ccc3c2)cc1. The van der Waals surface area contributed by atoms with Crippen molar-refractivity contribution < 1.29 is 18.0 Å². The minimum Gasteiger partial charge on any atom is -0.352 e. The first-order chi connectivity index (χ1) is 16.7. The summed E-state index contributed by atoms with van der Waals surface area (Å²) in [7, 11) is -3.88. The third-order valence-corrected chi connectivity index (χ3v) is 6.84. The summed E-state index contributed by atoms with van der Waals surface area (Å²) in [6, 6.07) is 24.5. The Bertz CT molecular complexity index is 1520. The topological polar surface area (TPSA) is 118 Å². The lowest BCUT2D eigenvalue weighted by Crippen LogP contribution is -2.27. The van der Waals surface area contributed by atoms with Gasteiger partial charge in [-0.25, -0.2) is 13.6 Å². The number of amides is 2. The summed E-state index contributed by atoms with van der Waals surface area (Å²) in [6.45, 7) is 0.168. The number of rotatable bonds is 7. The number of anilines is 1. The van der Waals surface area contributed by atoms with E-state index in [0.29, 0.717) is 22.4 Å². The molecule has 0 saturated heterocycles. The van der Waals surface area contributed by atoms with Crippen LogP contribution in [0.2, 0.25) is 0 Å². The monoisotopic (exact) mass is 551 g/mol. The first-order valence-electron chi connectivity index (χ1n) is 10.7. The average molecular weight is 552 g/mol. The Morgan fingerprint density at radius 1 is 0.857 bits per heavy atom. The van der Waals surface area contributed by atoms with Gasteiger partial charge in [-0.05, 0) is 58.8 Å². The van der Waals surface area contributed by atoms with Crippen molar-refractivity contribution in [3.63, 3.8) is 0 Å². The van der Waals surface area contributed by atoms with Crippen LogP contribution in [0.4, 0.5) is 5.69 Å². The molecule has 0 fully saturated rings.